The SMILES string of the molecule is Cc1ccn(Cc2ccc3c(c2)OCO3)c(=O)c1C(=O)N1CC[C@@H](F)C1. The summed E-state index contributed by atoms with van der Waals surface area (Å²) in [5.74, 6) is 0.924. The molecule has 7 heteroatoms. The summed E-state index contributed by atoms with van der Waals surface area (Å²) in [6.45, 7) is 2.61. The van der Waals surface area contributed by atoms with Crippen LogP contribution in [0.4, 0.5) is 4.39 Å². The van der Waals surface area contributed by atoms with Gasteiger partial charge in [-0.05, 0) is 42.7 Å². The standard InChI is InChI=1S/C19H19FN2O4/c1-12-4-6-21(9-13-2-3-15-16(8-13)26-11-25-15)18(23)17(12)19(24)22-7-5-14(20)10-22/h2-4,6,8,14H,5,7,9-11H2,1H3/t14-/m1/s1. The molecule has 3 heterocycles. The fourth-order valence-corrected chi connectivity index (χ4v) is 3.35. The van der Waals surface area contributed by atoms with Crippen LogP contribution in [0.3, 0.4) is 0 Å². The first-order valence-corrected chi connectivity index (χ1v) is 8.55. The second-order valence-electron chi connectivity index (χ2n) is 6.63. The maximum absolute atomic E-state index is 13.4. The summed E-state index contributed by atoms with van der Waals surface area (Å²) in [5.41, 5.74) is 1.21. The van der Waals surface area contributed by atoms with E-state index in [1.807, 2.05) is 12.1 Å². The lowest BCUT2D eigenvalue weighted by Gasteiger charge is -2.17. The Morgan fingerprint density at radius 2 is 2.08 bits per heavy atom. The third kappa shape index (κ3) is 2.94. The van der Waals surface area contributed by atoms with Crippen molar-refractivity contribution in [2.75, 3.05) is 19.9 Å². The van der Waals surface area contributed by atoms with Gasteiger partial charge in [0.25, 0.3) is 11.5 Å². The molecule has 1 atom stereocenters. The van der Waals surface area contributed by atoms with E-state index >= 15 is 0 Å². The van der Waals surface area contributed by atoms with Crippen molar-refractivity contribution in [1.29, 1.82) is 0 Å². The average Bonchev–Trinajstić information content (AvgIpc) is 3.25. The van der Waals surface area contributed by atoms with Crippen LogP contribution in [0, 0.1) is 6.92 Å². The molecule has 0 bridgehead atoms. The number of aryl methyl sites for hydroxylation is 1. The fourth-order valence-electron chi connectivity index (χ4n) is 3.35. The number of hydrogen-bond acceptors (Lipinski definition) is 4. The van der Waals surface area contributed by atoms with Gasteiger partial charge in [0.05, 0.1) is 13.1 Å². The minimum absolute atomic E-state index is 0.0504. The van der Waals surface area contributed by atoms with Crippen LogP contribution < -0.4 is 15.0 Å². The topological polar surface area (TPSA) is 60.8 Å². The van der Waals surface area contributed by atoms with Crippen LogP contribution in [-0.4, -0.2) is 41.4 Å². The smallest absolute Gasteiger partial charge is 0.263 e. The van der Waals surface area contributed by atoms with Crippen molar-refractivity contribution in [3.05, 3.63) is 57.5 Å². The quantitative estimate of drug-likeness (QED) is 0.843. The lowest BCUT2D eigenvalue weighted by molar-refractivity contribution is 0.0779. The third-order valence-corrected chi connectivity index (χ3v) is 4.80. The van der Waals surface area contributed by atoms with E-state index in [0.717, 1.165) is 5.56 Å². The molecule has 0 N–H and O–H groups in total. The van der Waals surface area contributed by atoms with E-state index in [9.17, 15) is 14.0 Å². The normalized spacial score (nSPS) is 18.4. The van der Waals surface area contributed by atoms with Crippen LogP contribution in [0.15, 0.2) is 35.3 Å². The highest BCUT2D eigenvalue weighted by molar-refractivity contribution is 5.95. The van der Waals surface area contributed by atoms with E-state index in [1.54, 1.807) is 25.3 Å². The minimum atomic E-state index is -1.01. The zero-order chi connectivity index (χ0) is 18.3. The highest BCUT2D eigenvalue weighted by atomic mass is 19.1. The highest BCUT2D eigenvalue weighted by Gasteiger charge is 2.29. The second kappa shape index (κ2) is 6.48. The summed E-state index contributed by atoms with van der Waals surface area (Å²) in [7, 11) is 0. The molecule has 2 aromatic rings. The lowest BCUT2D eigenvalue weighted by Crippen LogP contribution is -2.36. The number of pyridine rings is 1. The number of rotatable bonds is 3. The monoisotopic (exact) mass is 358 g/mol. The van der Waals surface area contributed by atoms with E-state index in [-0.39, 0.29) is 24.5 Å². The van der Waals surface area contributed by atoms with Crippen molar-refractivity contribution in [3.8, 4) is 11.5 Å². The molecule has 0 unspecified atom stereocenters. The number of halogens is 1. The number of fused-ring (bicyclic) bond motifs is 1. The molecule has 0 saturated carbocycles. The Hall–Kier alpha value is -2.83. The zero-order valence-electron chi connectivity index (χ0n) is 14.4. The van der Waals surface area contributed by atoms with Gasteiger partial charge < -0.3 is 18.9 Å². The predicted octanol–water partition coefficient (Wildman–Crippen LogP) is 2.12. The Kier molecular flexibility index (Phi) is 4.14. The fraction of sp³-hybridized carbons (Fsp3) is 0.368. The van der Waals surface area contributed by atoms with Crippen LogP contribution in [0.25, 0.3) is 0 Å². The van der Waals surface area contributed by atoms with E-state index < -0.39 is 12.1 Å². The van der Waals surface area contributed by atoms with Crippen LogP contribution >= 0.6 is 0 Å². The van der Waals surface area contributed by atoms with Crippen molar-refractivity contribution in [3.63, 3.8) is 0 Å². The van der Waals surface area contributed by atoms with Gasteiger partial charge in [0.1, 0.15) is 11.7 Å². The summed E-state index contributed by atoms with van der Waals surface area (Å²) in [5, 5.41) is 0. The van der Waals surface area contributed by atoms with Crippen LogP contribution in [0.2, 0.25) is 0 Å². The number of hydrogen-bond donors (Lipinski definition) is 0. The Bertz CT molecular complexity index is 924. The molecular weight excluding hydrogens is 339 g/mol. The molecule has 1 saturated heterocycles. The number of aromatic nitrogens is 1. The van der Waals surface area contributed by atoms with Crippen LogP contribution in [-0.2, 0) is 6.54 Å². The molecule has 26 heavy (non-hydrogen) atoms. The van der Waals surface area contributed by atoms with Crippen molar-refractivity contribution in [1.82, 2.24) is 9.47 Å². The van der Waals surface area contributed by atoms with Gasteiger partial charge in [-0.15, -0.1) is 0 Å². The number of alkyl halides is 1. The van der Waals surface area contributed by atoms with Crippen molar-refractivity contribution in [2.24, 2.45) is 0 Å². The van der Waals surface area contributed by atoms with Crippen molar-refractivity contribution in [2.45, 2.75) is 26.1 Å². The molecule has 2 aliphatic heterocycles. The first-order chi connectivity index (χ1) is 12.5. The largest absolute Gasteiger partial charge is 0.454 e. The van der Waals surface area contributed by atoms with Gasteiger partial charge in [0.2, 0.25) is 6.79 Å². The number of ether oxygens (including phenoxy) is 2. The van der Waals surface area contributed by atoms with E-state index in [4.69, 9.17) is 9.47 Å². The van der Waals surface area contributed by atoms with Crippen molar-refractivity contribution >= 4 is 5.91 Å². The summed E-state index contributed by atoms with van der Waals surface area (Å²) >= 11 is 0. The molecule has 1 aromatic carbocycles. The number of nitrogens with zero attached hydrogens (tertiary/aromatic N) is 2. The minimum Gasteiger partial charge on any atom is -0.454 e. The Morgan fingerprint density at radius 1 is 1.27 bits per heavy atom. The molecule has 2 aliphatic rings. The molecule has 136 valence electrons. The summed E-state index contributed by atoms with van der Waals surface area (Å²) in [6.07, 6.45) is 0.975. The zero-order valence-corrected chi connectivity index (χ0v) is 14.4. The van der Waals surface area contributed by atoms with E-state index in [0.29, 0.717) is 36.6 Å². The third-order valence-electron chi connectivity index (χ3n) is 4.80. The lowest BCUT2D eigenvalue weighted by atomic mass is 10.1. The van der Waals surface area contributed by atoms with Gasteiger partial charge in [0.15, 0.2) is 11.5 Å². The molecule has 4 rings (SSSR count). The molecule has 1 amide bonds. The van der Waals surface area contributed by atoms with Gasteiger partial charge in [-0.25, -0.2) is 4.39 Å². The summed E-state index contributed by atoms with van der Waals surface area (Å²) in [4.78, 5) is 27.0. The van der Waals surface area contributed by atoms with Gasteiger partial charge in [0, 0.05) is 12.7 Å². The summed E-state index contributed by atoms with van der Waals surface area (Å²) in [6, 6.07) is 7.22. The molecule has 1 aromatic heterocycles. The summed E-state index contributed by atoms with van der Waals surface area (Å²) < 4.78 is 25.6. The van der Waals surface area contributed by atoms with Gasteiger partial charge in [-0.1, -0.05) is 6.07 Å². The first kappa shape index (κ1) is 16.6. The Balaban J connectivity index is 1.64. The molecule has 1 fully saturated rings. The average molecular weight is 358 g/mol. The number of carbonyl (C=O) groups is 1. The second-order valence-corrected chi connectivity index (χ2v) is 6.63. The van der Waals surface area contributed by atoms with Gasteiger partial charge >= 0.3 is 0 Å². The Labute approximate surface area is 149 Å². The van der Waals surface area contributed by atoms with Crippen LogP contribution in [0.1, 0.15) is 27.9 Å². The molecular formula is C19H19FN2O4. The van der Waals surface area contributed by atoms with E-state index in [1.165, 1.54) is 9.47 Å². The molecule has 0 aliphatic carbocycles. The van der Waals surface area contributed by atoms with Gasteiger partial charge in [-0.3, -0.25) is 9.59 Å². The molecule has 0 spiro atoms. The number of carbonyl (C=O) groups excluding carboxylic acids is 1. The maximum Gasteiger partial charge on any atom is 0.263 e. The van der Waals surface area contributed by atoms with E-state index in [2.05, 4.69) is 0 Å². The number of amides is 1. The predicted molar refractivity (Wildman–Crippen MR) is 92.5 cm³/mol. The Morgan fingerprint density at radius 3 is 2.85 bits per heavy atom. The van der Waals surface area contributed by atoms with Gasteiger partial charge in [-0.2, -0.15) is 0 Å². The number of likely N-dealkylation sites (tertiary alicyclic amines) is 1. The molecule has 6 nitrogen and oxygen atoms in total. The molecule has 0 radical (unpaired) electrons. The van der Waals surface area contributed by atoms with Crippen LogP contribution in [0.5, 0.6) is 11.5 Å². The van der Waals surface area contributed by atoms with Crippen molar-refractivity contribution < 1.29 is 18.7 Å². The highest BCUT2D eigenvalue weighted by Crippen LogP contribution is 2.32. The number of benzene rings is 1. The first-order valence-electron chi connectivity index (χ1n) is 8.55. The maximum atomic E-state index is 13.4.